The molecule has 1 saturated carbocycles. The van der Waals surface area contributed by atoms with Gasteiger partial charge in [-0.05, 0) is 50.6 Å². The number of aromatic nitrogens is 1. The van der Waals surface area contributed by atoms with Gasteiger partial charge in [-0.25, -0.2) is 4.79 Å². The largest absolute Gasteiger partial charge is 0.490 e. The molecule has 3 rings (SSSR count). The molecule has 1 heterocycles. The van der Waals surface area contributed by atoms with E-state index < -0.39 is 5.97 Å². The van der Waals surface area contributed by atoms with E-state index in [9.17, 15) is 4.79 Å². The van der Waals surface area contributed by atoms with Crippen molar-refractivity contribution in [3.8, 4) is 16.9 Å². The molecule has 1 aromatic heterocycles. The third-order valence-electron chi connectivity index (χ3n) is 4.38. The van der Waals surface area contributed by atoms with E-state index in [4.69, 9.17) is 9.84 Å². The molecule has 0 saturated heterocycles. The molecule has 1 fully saturated rings. The third kappa shape index (κ3) is 4.84. The highest BCUT2D eigenvalue weighted by molar-refractivity contribution is 5.89. The van der Waals surface area contributed by atoms with Gasteiger partial charge in [0.2, 0.25) is 0 Å². The minimum Gasteiger partial charge on any atom is -0.490 e. The molecule has 136 valence electrons. The molecule has 0 radical (unpaired) electrons. The summed E-state index contributed by atoms with van der Waals surface area (Å²) in [7, 11) is 1.95. The van der Waals surface area contributed by atoms with Crippen molar-refractivity contribution in [1.29, 1.82) is 0 Å². The fourth-order valence-electron chi connectivity index (χ4n) is 2.54. The number of hydrogen-bond donors (Lipinski definition) is 2. The average Bonchev–Trinajstić information content (AvgIpc) is 3.35. The van der Waals surface area contributed by atoms with Gasteiger partial charge in [0.1, 0.15) is 12.4 Å². The first kappa shape index (κ1) is 21.2. The number of aromatic carboxylic acids is 1. The highest BCUT2D eigenvalue weighted by atomic mass is 35.5. The van der Waals surface area contributed by atoms with Gasteiger partial charge in [0.05, 0.1) is 17.3 Å². The second-order valence-electron chi connectivity index (χ2n) is 6.01. The standard InChI is InChI=1S/C18H20N2O3.2ClH/c1-12-16(13-4-3-5-14(8-13)17(21)22)9-15(10-20-12)23-11-18(19-2)6-7-18;;/h3-5,8-10,19H,6-7,11H2,1-2H3,(H,21,22);2*1H. The number of carboxylic acids is 1. The highest BCUT2D eigenvalue weighted by Crippen LogP contribution is 2.35. The molecule has 0 bridgehead atoms. The topological polar surface area (TPSA) is 71.5 Å². The number of carbonyl (C=O) groups is 1. The Morgan fingerprint density at radius 3 is 2.64 bits per heavy atom. The number of aryl methyl sites for hydroxylation is 1. The molecular weight excluding hydrogens is 363 g/mol. The molecule has 0 atom stereocenters. The second kappa shape index (κ2) is 8.52. The molecule has 5 nitrogen and oxygen atoms in total. The van der Waals surface area contributed by atoms with Gasteiger partial charge in [0.25, 0.3) is 0 Å². The van der Waals surface area contributed by atoms with Crippen molar-refractivity contribution in [2.45, 2.75) is 25.3 Å². The summed E-state index contributed by atoms with van der Waals surface area (Å²) in [5, 5.41) is 12.4. The molecule has 0 spiro atoms. The number of likely N-dealkylation sites (N-methyl/N-ethyl adjacent to an activating group) is 1. The first-order valence-corrected chi connectivity index (χ1v) is 7.65. The smallest absolute Gasteiger partial charge is 0.335 e. The number of ether oxygens (including phenoxy) is 1. The van der Waals surface area contributed by atoms with E-state index >= 15 is 0 Å². The van der Waals surface area contributed by atoms with Crippen LogP contribution in [0.2, 0.25) is 0 Å². The van der Waals surface area contributed by atoms with E-state index in [1.54, 1.807) is 24.4 Å². The number of nitrogens with zero attached hydrogens (tertiary/aromatic N) is 1. The summed E-state index contributed by atoms with van der Waals surface area (Å²) >= 11 is 0. The Morgan fingerprint density at radius 1 is 1.32 bits per heavy atom. The van der Waals surface area contributed by atoms with Crippen LogP contribution in [0.1, 0.15) is 28.9 Å². The molecular formula is C18H22Cl2N2O3. The Kier molecular flexibility index (Phi) is 7.23. The van der Waals surface area contributed by atoms with Crippen LogP contribution in [0.5, 0.6) is 5.75 Å². The van der Waals surface area contributed by atoms with Crippen LogP contribution in [-0.2, 0) is 0 Å². The molecule has 1 aliphatic rings. The van der Waals surface area contributed by atoms with Crippen molar-refractivity contribution in [3.05, 3.63) is 47.8 Å². The summed E-state index contributed by atoms with van der Waals surface area (Å²) in [5.41, 5.74) is 2.93. The summed E-state index contributed by atoms with van der Waals surface area (Å²) in [5.74, 6) is -0.234. The molecule has 0 aliphatic heterocycles. The Bertz CT molecular complexity index is 749. The maximum absolute atomic E-state index is 11.1. The molecule has 2 aromatic rings. The van der Waals surface area contributed by atoms with Crippen molar-refractivity contribution in [2.75, 3.05) is 13.7 Å². The quantitative estimate of drug-likeness (QED) is 0.793. The molecule has 2 N–H and O–H groups in total. The average molecular weight is 385 g/mol. The van der Waals surface area contributed by atoms with Crippen molar-refractivity contribution >= 4 is 30.8 Å². The van der Waals surface area contributed by atoms with Crippen molar-refractivity contribution in [2.24, 2.45) is 0 Å². The van der Waals surface area contributed by atoms with Gasteiger partial charge in [-0.2, -0.15) is 0 Å². The number of rotatable bonds is 6. The minimum absolute atomic E-state index is 0. The van der Waals surface area contributed by atoms with E-state index in [1.807, 2.05) is 26.1 Å². The summed E-state index contributed by atoms with van der Waals surface area (Å²) in [6, 6.07) is 8.79. The van der Waals surface area contributed by atoms with Crippen LogP contribution in [0.25, 0.3) is 11.1 Å². The highest BCUT2D eigenvalue weighted by Gasteiger charge is 2.41. The number of halogens is 2. The van der Waals surface area contributed by atoms with Gasteiger partial charge >= 0.3 is 5.97 Å². The maximum atomic E-state index is 11.1. The second-order valence-corrected chi connectivity index (χ2v) is 6.01. The van der Waals surface area contributed by atoms with Gasteiger partial charge in [0.15, 0.2) is 0 Å². The Morgan fingerprint density at radius 2 is 2.04 bits per heavy atom. The lowest BCUT2D eigenvalue weighted by molar-refractivity contribution is 0.0697. The van der Waals surface area contributed by atoms with Crippen LogP contribution in [-0.4, -0.2) is 35.3 Å². The predicted molar refractivity (Wildman–Crippen MR) is 102 cm³/mol. The molecule has 1 aliphatic carbocycles. The first-order valence-electron chi connectivity index (χ1n) is 7.65. The Balaban J connectivity index is 0.00000156. The molecule has 7 heteroatoms. The first-order chi connectivity index (χ1) is 11.0. The van der Waals surface area contributed by atoms with Crippen LogP contribution in [0.3, 0.4) is 0 Å². The van der Waals surface area contributed by atoms with Crippen molar-refractivity contribution in [1.82, 2.24) is 10.3 Å². The van der Waals surface area contributed by atoms with Crippen LogP contribution in [0, 0.1) is 6.92 Å². The van der Waals surface area contributed by atoms with E-state index in [0.29, 0.717) is 12.4 Å². The molecule has 0 amide bonds. The fourth-order valence-corrected chi connectivity index (χ4v) is 2.54. The van der Waals surface area contributed by atoms with E-state index in [1.165, 1.54) is 0 Å². The zero-order valence-corrected chi connectivity index (χ0v) is 15.7. The van der Waals surface area contributed by atoms with Gasteiger partial charge < -0.3 is 15.2 Å². The van der Waals surface area contributed by atoms with Crippen molar-refractivity contribution < 1.29 is 14.6 Å². The lowest BCUT2D eigenvalue weighted by Crippen LogP contribution is -2.33. The number of pyridine rings is 1. The normalized spacial score (nSPS) is 14.0. The lowest BCUT2D eigenvalue weighted by Gasteiger charge is -2.16. The third-order valence-corrected chi connectivity index (χ3v) is 4.38. The van der Waals surface area contributed by atoms with Crippen LogP contribution in [0.15, 0.2) is 36.5 Å². The summed E-state index contributed by atoms with van der Waals surface area (Å²) in [6.45, 7) is 2.52. The Labute approximate surface area is 159 Å². The van der Waals surface area contributed by atoms with Gasteiger partial charge in [-0.3, -0.25) is 4.98 Å². The van der Waals surface area contributed by atoms with Crippen LogP contribution >= 0.6 is 24.8 Å². The van der Waals surface area contributed by atoms with Crippen LogP contribution < -0.4 is 10.1 Å². The molecule has 25 heavy (non-hydrogen) atoms. The van der Waals surface area contributed by atoms with Gasteiger partial charge in [-0.15, -0.1) is 24.8 Å². The molecule has 1 aromatic carbocycles. The number of hydrogen-bond acceptors (Lipinski definition) is 4. The lowest BCUT2D eigenvalue weighted by atomic mass is 10.0. The van der Waals surface area contributed by atoms with E-state index in [-0.39, 0.29) is 35.9 Å². The number of benzene rings is 1. The summed E-state index contributed by atoms with van der Waals surface area (Å²) in [6.07, 6.45) is 3.96. The fraction of sp³-hybridized carbons (Fsp3) is 0.333. The minimum atomic E-state index is -0.936. The SMILES string of the molecule is CNC1(COc2cnc(C)c(-c3cccc(C(=O)O)c3)c2)CC1.Cl.Cl. The summed E-state index contributed by atoms with van der Waals surface area (Å²) in [4.78, 5) is 15.5. The number of nitrogens with one attached hydrogen (secondary N) is 1. The summed E-state index contributed by atoms with van der Waals surface area (Å²) < 4.78 is 5.88. The Hall–Kier alpha value is -1.82. The zero-order valence-electron chi connectivity index (χ0n) is 14.1. The maximum Gasteiger partial charge on any atom is 0.335 e. The van der Waals surface area contributed by atoms with Crippen molar-refractivity contribution in [3.63, 3.8) is 0 Å². The monoisotopic (exact) mass is 384 g/mol. The predicted octanol–water partition coefficient (Wildman–Crippen LogP) is 3.73. The zero-order chi connectivity index (χ0) is 16.4. The van der Waals surface area contributed by atoms with Gasteiger partial charge in [0, 0.05) is 11.3 Å². The van der Waals surface area contributed by atoms with E-state index in [2.05, 4.69) is 10.3 Å². The van der Waals surface area contributed by atoms with Crippen LogP contribution in [0.4, 0.5) is 0 Å². The van der Waals surface area contributed by atoms with Gasteiger partial charge in [-0.1, -0.05) is 12.1 Å². The molecule has 0 unspecified atom stereocenters. The number of carboxylic acid groups (broad SMARTS) is 1. The van der Waals surface area contributed by atoms with E-state index in [0.717, 1.165) is 29.7 Å².